The van der Waals surface area contributed by atoms with E-state index in [1.807, 2.05) is 5.32 Å². The zero-order valence-electron chi connectivity index (χ0n) is 18.2. The molecule has 3 amide bonds. The fourth-order valence-electron chi connectivity index (χ4n) is 2.15. The molecule has 32 heavy (non-hydrogen) atoms. The average molecular weight is 453 g/mol. The third-order valence-electron chi connectivity index (χ3n) is 3.45. The van der Waals surface area contributed by atoms with Crippen molar-refractivity contribution in [1.29, 1.82) is 0 Å². The molecule has 1 aromatic carbocycles. The molecule has 1 aromatic rings. The monoisotopic (exact) mass is 453 g/mol. The van der Waals surface area contributed by atoms with Crippen LogP contribution in [0.2, 0.25) is 0 Å². The molecule has 0 radical (unpaired) electrons. The third-order valence-corrected chi connectivity index (χ3v) is 3.45. The number of carboxylic acids is 1. The van der Waals surface area contributed by atoms with Gasteiger partial charge in [-0.3, -0.25) is 15.4 Å². The molecule has 0 fully saturated rings. The minimum atomic E-state index is -2.06. The van der Waals surface area contributed by atoms with Crippen LogP contribution in [0.3, 0.4) is 0 Å². The van der Waals surface area contributed by atoms with Crippen LogP contribution in [-0.2, 0) is 35.2 Å². The largest absolute Gasteiger partial charge is 0.479 e. The minimum Gasteiger partial charge on any atom is -0.479 e. The Hall–Kier alpha value is -3.83. The summed E-state index contributed by atoms with van der Waals surface area (Å²) in [5, 5.41) is 15.3. The molecule has 0 bridgehead atoms. The second-order valence-corrected chi connectivity index (χ2v) is 7.32. The van der Waals surface area contributed by atoms with Crippen molar-refractivity contribution in [3.63, 3.8) is 0 Å². The molecule has 176 valence electrons. The SMILES string of the molecule is CCOC(=O)C(NC(=O)C(NC(=O)OCc1ccccc1)NC(=O)OC(C)(C)C)C(=O)O. The van der Waals surface area contributed by atoms with Crippen molar-refractivity contribution in [1.82, 2.24) is 16.0 Å². The maximum Gasteiger partial charge on any atom is 0.409 e. The Morgan fingerprint density at radius 2 is 1.53 bits per heavy atom. The first-order chi connectivity index (χ1) is 14.9. The number of esters is 1. The van der Waals surface area contributed by atoms with E-state index in [2.05, 4.69) is 15.4 Å². The summed E-state index contributed by atoms with van der Waals surface area (Å²) in [6, 6.07) is 6.58. The molecular formula is C20H27N3O9. The zero-order valence-corrected chi connectivity index (χ0v) is 18.2. The van der Waals surface area contributed by atoms with Crippen molar-refractivity contribution in [3.8, 4) is 0 Å². The summed E-state index contributed by atoms with van der Waals surface area (Å²) < 4.78 is 14.6. The van der Waals surface area contributed by atoms with E-state index in [4.69, 9.17) is 9.47 Å². The van der Waals surface area contributed by atoms with Crippen molar-refractivity contribution in [3.05, 3.63) is 35.9 Å². The lowest BCUT2D eigenvalue weighted by molar-refractivity contribution is -0.156. The molecule has 0 aliphatic heterocycles. The standard InChI is InChI=1S/C20H27N3O9/c1-5-30-17(27)13(16(25)26)21-15(24)14(23-19(29)32-20(2,3)4)22-18(28)31-11-12-9-7-6-8-10-12/h6-10,13-14H,5,11H2,1-4H3,(H,21,24)(H,22,28)(H,23,29)(H,25,26). The molecule has 0 spiro atoms. The van der Waals surface area contributed by atoms with E-state index in [9.17, 15) is 29.1 Å². The summed E-state index contributed by atoms with van der Waals surface area (Å²) in [6.07, 6.45) is -3.98. The Kier molecular flexibility index (Phi) is 9.93. The van der Waals surface area contributed by atoms with Crippen molar-refractivity contribution in [2.45, 2.75) is 52.1 Å². The Morgan fingerprint density at radius 1 is 0.938 bits per heavy atom. The minimum absolute atomic E-state index is 0.123. The molecule has 2 unspecified atom stereocenters. The lowest BCUT2D eigenvalue weighted by atomic mass is 10.2. The van der Waals surface area contributed by atoms with Gasteiger partial charge in [0.2, 0.25) is 6.04 Å². The summed E-state index contributed by atoms with van der Waals surface area (Å²) in [7, 11) is 0. The second-order valence-electron chi connectivity index (χ2n) is 7.32. The Labute approximate surface area is 184 Å². The van der Waals surface area contributed by atoms with Crippen LogP contribution in [0, 0.1) is 0 Å². The highest BCUT2D eigenvalue weighted by atomic mass is 16.6. The van der Waals surface area contributed by atoms with Crippen LogP contribution in [0.15, 0.2) is 30.3 Å². The smallest absolute Gasteiger partial charge is 0.409 e. The first kappa shape index (κ1) is 26.2. The molecule has 4 N–H and O–H groups in total. The molecule has 0 saturated carbocycles. The summed E-state index contributed by atoms with van der Waals surface area (Å²) in [6.45, 7) is 5.92. The number of nitrogens with one attached hydrogen (secondary N) is 3. The van der Waals surface area contributed by atoms with Gasteiger partial charge < -0.3 is 24.6 Å². The number of ether oxygens (including phenoxy) is 3. The summed E-state index contributed by atoms with van der Waals surface area (Å²) in [5.74, 6) is -4.14. The van der Waals surface area contributed by atoms with E-state index in [1.54, 1.807) is 51.1 Å². The first-order valence-electron chi connectivity index (χ1n) is 9.59. The van der Waals surface area contributed by atoms with Crippen LogP contribution in [0.5, 0.6) is 0 Å². The molecular weight excluding hydrogens is 426 g/mol. The van der Waals surface area contributed by atoms with Crippen LogP contribution in [0.25, 0.3) is 0 Å². The molecule has 0 aliphatic rings. The summed E-state index contributed by atoms with van der Waals surface area (Å²) in [4.78, 5) is 59.9. The van der Waals surface area contributed by atoms with E-state index in [0.717, 1.165) is 0 Å². The highest BCUT2D eigenvalue weighted by Gasteiger charge is 2.34. The highest BCUT2D eigenvalue weighted by Crippen LogP contribution is 2.07. The second kappa shape index (κ2) is 12.1. The molecule has 2 atom stereocenters. The number of benzene rings is 1. The maximum absolute atomic E-state index is 12.6. The number of amides is 3. The Morgan fingerprint density at radius 3 is 2.06 bits per heavy atom. The molecule has 0 heterocycles. The number of aliphatic carboxylic acids is 1. The summed E-state index contributed by atoms with van der Waals surface area (Å²) >= 11 is 0. The normalized spacial score (nSPS) is 12.5. The highest BCUT2D eigenvalue weighted by molar-refractivity contribution is 6.02. The van der Waals surface area contributed by atoms with Crippen LogP contribution < -0.4 is 16.0 Å². The van der Waals surface area contributed by atoms with Gasteiger partial charge in [-0.25, -0.2) is 19.2 Å². The van der Waals surface area contributed by atoms with E-state index in [0.29, 0.717) is 5.56 Å². The van der Waals surface area contributed by atoms with E-state index in [1.165, 1.54) is 6.92 Å². The van der Waals surface area contributed by atoms with Gasteiger partial charge in [0.25, 0.3) is 5.91 Å². The fourth-order valence-corrected chi connectivity index (χ4v) is 2.15. The molecule has 0 saturated heterocycles. The third kappa shape index (κ3) is 9.78. The number of carbonyl (C=O) groups is 5. The molecule has 0 aliphatic carbocycles. The van der Waals surface area contributed by atoms with Crippen molar-refractivity contribution in [2.24, 2.45) is 0 Å². The quantitative estimate of drug-likeness (QED) is 0.184. The lowest BCUT2D eigenvalue weighted by Crippen LogP contribution is -2.60. The van der Waals surface area contributed by atoms with Gasteiger partial charge in [0, 0.05) is 0 Å². The van der Waals surface area contributed by atoms with Crippen LogP contribution >= 0.6 is 0 Å². The van der Waals surface area contributed by atoms with Gasteiger partial charge in [0.05, 0.1) is 6.61 Å². The van der Waals surface area contributed by atoms with Crippen molar-refractivity contribution >= 4 is 30.0 Å². The van der Waals surface area contributed by atoms with Crippen LogP contribution in [-0.4, -0.2) is 59.6 Å². The molecule has 1 rings (SSSR count). The number of hydrogen-bond donors (Lipinski definition) is 4. The maximum atomic E-state index is 12.6. The Bertz CT molecular complexity index is 821. The number of alkyl carbamates (subject to hydrolysis) is 2. The van der Waals surface area contributed by atoms with Crippen LogP contribution in [0.1, 0.15) is 33.3 Å². The predicted molar refractivity (Wildman–Crippen MR) is 109 cm³/mol. The summed E-state index contributed by atoms with van der Waals surface area (Å²) in [5.41, 5.74) is -0.259. The Balaban J connectivity index is 2.90. The van der Waals surface area contributed by atoms with Gasteiger partial charge in [0.15, 0.2) is 6.17 Å². The number of carbonyl (C=O) groups excluding carboxylic acids is 4. The van der Waals surface area contributed by atoms with Gasteiger partial charge >= 0.3 is 24.1 Å². The fraction of sp³-hybridized carbons (Fsp3) is 0.450. The molecule has 0 aromatic heterocycles. The number of hydrogen-bond acceptors (Lipinski definition) is 8. The predicted octanol–water partition coefficient (Wildman–Crippen LogP) is 0.896. The van der Waals surface area contributed by atoms with Gasteiger partial charge in [0.1, 0.15) is 12.2 Å². The van der Waals surface area contributed by atoms with E-state index in [-0.39, 0.29) is 13.2 Å². The number of rotatable bonds is 9. The average Bonchev–Trinajstić information content (AvgIpc) is 2.69. The van der Waals surface area contributed by atoms with Gasteiger partial charge in [-0.15, -0.1) is 0 Å². The topological polar surface area (TPSA) is 169 Å². The van der Waals surface area contributed by atoms with Crippen LogP contribution in [0.4, 0.5) is 9.59 Å². The lowest BCUT2D eigenvalue weighted by Gasteiger charge is -2.24. The molecule has 12 heteroatoms. The van der Waals surface area contributed by atoms with Crippen molar-refractivity contribution < 1.29 is 43.3 Å². The zero-order chi connectivity index (χ0) is 24.3. The van der Waals surface area contributed by atoms with E-state index < -0.39 is 47.8 Å². The number of carboxylic acid groups (broad SMARTS) is 1. The van der Waals surface area contributed by atoms with Crippen molar-refractivity contribution in [2.75, 3.05) is 6.61 Å². The molecule has 12 nitrogen and oxygen atoms in total. The first-order valence-corrected chi connectivity index (χ1v) is 9.59. The van der Waals surface area contributed by atoms with Gasteiger partial charge in [-0.2, -0.15) is 0 Å². The van der Waals surface area contributed by atoms with Gasteiger partial charge in [-0.1, -0.05) is 30.3 Å². The van der Waals surface area contributed by atoms with Gasteiger partial charge in [-0.05, 0) is 33.3 Å². The van der Waals surface area contributed by atoms with E-state index >= 15 is 0 Å².